The van der Waals surface area contributed by atoms with Crippen molar-refractivity contribution in [1.82, 2.24) is 0 Å². The van der Waals surface area contributed by atoms with Crippen molar-refractivity contribution in [2.75, 3.05) is 185 Å². The van der Waals surface area contributed by atoms with E-state index in [9.17, 15) is 120 Å². The summed E-state index contributed by atoms with van der Waals surface area (Å²) in [7, 11) is 0. The van der Waals surface area contributed by atoms with Crippen LogP contribution in [0, 0.1) is 70.4 Å². The van der Waals surface area contributed by atoms with Crippen LogP contribution in [0.1, 0.15) is 93.4 Å². The second-order valence-corrected chi connectivity index (χ2v) is 32.6. The number of carbonyl (C=O) groups excluding carboxylic acids is 13. The van der Waals surface area contributed by atoms with Crippen LogP contribution in [-0.2, 0) is 119 Å². The Balaban J connectivity index is 0.0000696. The van der Waals surface area contributed by atoms with Crippen LogP contribution < -0.4 is 29.6 Å². The van der Waals surface area contributed by atoms with Crippen LogP contribution in [0.3, 0.4) is 0 Å². The van der Waals surface area contributed by atoms with Crippen molar-refractivity contribution in [3.63, 3.8) is 0 Å². The minimum Gasteiger partial charge on any atom is -0.577 e. The molecule has 0 radical (unpaired) electrons. The molecule has 2 atom stereocenters. The Kier molecular flexibility index (Phi) is 44.9. The first-order chi connectivity index (χ1) is 54.4. The first kappa shape index (κ1) is 112. The molecule has 2 rings (SSSR count). The molecule has 2 aromatic rings. The fourth-order valence-corrected chi connectivity index (χ4v) is 8.78. The monoisotopic (exact) mass is 1740 g/mol. The normalized spacial score (nSPS) is 13.5. The number of hydrogen-bond donors (Lipinski definition) is 15. The van der Waals surface area contributed by atoms with Crippen molar-refractivity contribution < 1.29 is 230 Å². The molecule has 0 aliphatic carbocycles. The molecule has 0 aliphatic rings. The zero-order valence-electron chi connectivity index (χ0n) is 69.2. The van der Waals surface area contributed by atoms with Crippen molar-refractivity contribution in [3.8, 4) is 0 Å². The Bertz CT molecular complexity index is 3370. The fourth-order valence-electron chi connectivity index (χ4n) is 8.78. The van der Waals surface area contributed by atoms with Crippen LogP contribution in [0.25, 0.3) is 10.8 Å². The van der Waals surface area contributed by atoms with Gasteiger partial charge >= 0.3 is 107 Å². The average Bonchev–Trinajstić information content (AvgIpc) is 0.808. The van der Waals surface area contributed by atoms with Crippen molar-refractivity contribution in [3.05, 3.63) is 48.0 Å². The van der Waals surface area contributed by atoms with E-state index < -0.39 is 333 Å². The predicted molar refractivity (Wildman–Crippen MR) is 401 cm³/mol. The van der Waals surface area contributed by atoms with E-state index in [0.717, 1.165) is 83.1 Å². The number of carbonyl (C=O) groups is 13. The van der Waals surface area contributed by atoms with Gasteiger partial charge in [-0.25, -0.2) is 4.79 Å². The summed E-state index contributed by atoms with van der Waals surface area (Å²) in [6.45, 7) is -22.4. The van der Waals surface area contributed by atoms with E-state index >= 15 is 19.2 Å². The van der Waals surface area contributed by atoms with Crippen LogP contribution >= 0.6 is 9.90 Å². The molecule has 0 spiro atoms. The molecule has 119 heavy (non-hydrogen) atoms. The van der Waals surface area contributed by atoms with E-state index in [2.05, 4.69) is 0 Å². The number of benzene rings is 2. The number of rotatable bonds is 54. The molecule has 0 bridgehead atoms. The topological polar surface area (TPSA) is 645 Å². The summed E-state index contributed by atoms with van der Waals surface area (Å²) in [6, 6.07) is 11.3. The molecular weight excluding hydrogens is 1620 g/mol. The zero-order valence-corrected chi connectivity index (χ0v) is 72.4. The number of aliphatic hydroxyl groups excluding tert-OH is 15. The van der Waals surface area contributed by atoms with Crippen LogP contribution in [0.2, 0.25) is 0 Å². The van der Waals surface area contributed by atoms with Gasteiger partial charge in [0.05, 0.1) is 105 Å². The van der Waals surface area contributed by atoms with Crippen LogP contribution in [-0.4, -0.2) is 339 Å². The maximum atomic E-state index is 15.4. The van der Waals surface area contributed by atoms with Gasteiger partial charge in [0, 0.05) is 0 Å². The molecule has 2 unspecified atom stereocenters. The summed E-state index contributed by atoms with van der Waals surface area (Å²) in [5, 5.41) is 154. The van der Waals surface area contributed by atoms with E-state index in [4.69, 9.17) is 61.6 Å². The van der Waals surface area contributed by atoms with E-state index in [-0.39, 0.29) is 45.0 Å². The van der Waals surface area contributed by atoms with Crippen molar-refractivity contribution in [2.24, 2.45) is 70.4 Å². The molecule has 2 aromatic carbocycles. The minimum atomic E-state index is -2.92. The number of ether oxygens (including phenoxy) is 13. The summed E-state index contributed by atoms with van der Waals surface area (Å²) in [4.78, 5) is 184. The van der Waals surface area contributed by atoms with Crippen molar-refractivity contribution >= 4 is 98.3 Å². The predicted octanol–water partition coefficient (Wildman–Crippen LogP) is -7.21. The molecule has 0 fully saturated rings. The molecule has 15 N–H and O–H groups in total. The Morgan fingerprint density at radius 2 is 0.378 bits per heavy atom. The Morgan fingerprint density at radius 1 is 0.218 bits per heavy atom. The van der Waals surface area contributed by atoms with Crippen LogP contribution in [0.4, 0.5) is 0 Å². The SMILES string of the molecule is CC(CO)(CO)C(=O)OCC(C)(COC(=O)C(C)(CO)CO)C(=O)OCC(COC(=O)C(C)(COC(=O)C(C)(CO)CO)COC(=O)C(C)(CO)CO)(COC(=O)C(C)(COC(=O)C(C)(CO)CO)COC(=O)C(C)(CO)CO)COC(=O)C(C)(COC(=O)C(C)(CO)CO)COC(=O)C(C)(CO)COC(=O)c1cccc2ccccc12.[Na+].[PH2-]. The van der Waals surface area contributed by atoms with E-state index in [1.165, 1.54) is 12.1 Å². The van der Waals surface area contributed by atoms with Crippen molar-refractivity contribution in [2.45, 2.75) is 83.1 Å². The third-order valence-electron chi connectivity index (χ3n) is 19.9. The summed E-state index contributed by atoms with van der Waals surface area (Å²) in [5.74, 6) is -19.2. The van der Waals surface area contributed by atoms with E-state index in [1.54, 1.807) is 30.3 Å². The van der Waals surface area contributed by atoms with Gasteiger partial charge in [-0.15, -0.1) is 0 Å². The van der Waals surface area contributed by atoms with E-state index in [1.807, 2.05) is 0 Å². The van der Waals surface area contributed by atoms with Gasteiger partial charge in [-0.1, -0.05) is 36.4 Å². The van der Waals surface area contributed by atoms with Crippen LogP contribution in [0.5, 0.6) is 0 Å². The van der Waals surface area contributed by atoms with E-state index in [0.29, 0.717) is 10.8 Å². The molecule has 0 aliphatic heterocycles. The molecule has 0 saturated carbocycles. The first-order valence-corrected chi connectivity index (χ1v) is 36.3. The first-order valence-electron chi connectivity index (χ1n) is 36.3. The summed E-state index contributed by atoms with van der Waals surface area (Å²) >= 11 is 0. The molecule has 0 amide bonds. The van der Waals surface area contributed by atoms with Gasteiger partial charge in [0.15, 0.2) is 0 Å². The molecule has 0 heterocycles. The molecule has 0 saturated heterocycles. The smallest absolute Gasteiger partial charge is 0.577 e. The average molecular weight is 1740 g/mol. The Hall–Kier alpha value is -7.36. The van der Waals surface area contributed by atoms with Crippen LogP contribution in [0.15, 0.2) is 42.5 Å². The standard InChI is InChI=1S/C76H114O41.Na.H2P/c1-64(20-77,21-78)52(93)106-36-72(9,37-107-53(94)65(2,22-79)23-80)60(101)114-44-76(45-115-61(102)73(10,38-108-54(95)66(3,24-81)25-82)39-109-55(96)67(4,26-83)27-84,46-116-62(103)74(11,40-110-56(97)68(5,28-85)29-86)41-111-57(98)69(6,30-87)31-88)47-117-63(104)75(12,42-112-58(99)70(7,32-89)33-90)43-113-59(100)71(8,34-91)35-105-51(92)50-19-15-17-48-16-13-14-18-49(48)50;;/h13-19,77-91H,20-47H2,1-12H3;;1H2/q;+1;-1. The fraction of sp³-hybridized carbons (Fsp3) is 0.697. The van der Waals surface area contributed by atoms with Crippen molar-refractivity contribution in [1.29, 1.82) is 0 Å². The Morgan fingerprint density at radius 3 is 0.580 bits per heavy atom. The largest absolute Gasteiger partial charge is 1.00 e. The summed E-state index contributed by atoms with van der Waals surface area (Å²) < 4.78 is 72.5. The maximum absolute atomic E-state index is 15.4. The van der Waals surface area contributed by atoms with Gasteiger partial charge in [-0.2, -0.15) is 0 Å². The van der Waals surface area contributed by atoms with Gasteiger partial charge in [-0.3, -0.25) is 57.5 Å². The van der Waals surface area contributed by atoms with Gasteiger partial charge in [0.1, 0.15) is 156 Å². The molecule has 43 heteroatoms. The molecule has 41 nitrogen and oxygen atoms in total. The number of aliphatic hydroxyl groups is 15. The van der Waals surface area contributed by atoms with Gasteiger partial charge in [0.2, 0.25) is 0 Å². The Labute approximate surface area is 711 Å². The molecular formula is C76H116NaO41P. The number of hydrogen-bond acceptors (Lipinski definition) is 41. The molecule has 0 aromatic heterocycles. The van der Waals surface area contributed by atoms with Gasteiger partial charge in [-0.05, 0) is 99.9 Å². The summed E-state index contributed by atoms with van der Waals surface area (Å²) in [5.41, 5.74) is -30.6. The third-order valence-corrected chi connectivity index (χ3v) is 19.9. The zero-order chi connectivity index (χ0) is 89.7. The van der Waals surface area contributed by atoms with Gasteiger partial charge in [0.25, 0.3) is 0 Å². The summed E-state index contributed by atoms with van der Waals surface area (Å²) in [6.07, 6.45) is 0. The van der Waals surface area contributed by atoms with Gasteiger partial charge < -0.3 is 148 Å². The second-order valence-electron chi connectivity index (χ2n) is 32.6. The third kappa shape index (κ3) is 28.9. The quantitative estimate of drug-likeness (QED) is 0.0127. The minimum absolute atomic E-state index is 0. The maximum Gasteiger partial charge on any atom is 1.00 e. The second kappa shape index (κ2) is 47.9. The number of esters is 13. The number of fused-ring (bicyclic) bond motifs is 1. The molecule has 672 valence electrons.